The normalized spacial score (nSPS) is 12.9. The van der Waals surface area contributed by atoms with Gasteiger partial charge in [0.1, 0.15) is 0 Å². The highest BCUT2D eigenvalue weighted by Crippen LogP contribution is 2.25. The van der Waals surface area contributed by atoms with E-state index in [0.717, 1.165) is 17.2 Å². The molecule has 1 unspecified atom stereocenters. The molecule has 0 radical (unpaired) electrons. The average molecular weight is 222 g/mol. The maximum atomic E-state index is 5.16. The Morgan fingerprint density at radius 2 is 2.27 bits per heavy atom. The predicted molar refractivity (Wildman–Crippen MR) is 64.6 cm³/mol. The number of methoxy groups -OCH3 is 1. The van der Waals surface area contributed by atoms with Crippen LogP contribution in [0.2, 0.25) is 0 Å². The number of para-hydroxylation sites is 1. The third-order valence-corrected chi connectivity index (χ3v) is 3.23. The molecule has 0 aliphatic carbocycles. The summed E-state index contributed by atoms with van der Waals surface area (Å²) in [6.45, 7) is 2.82. The summed E-state index contributed by atoms with van der Waals surface area (Å²) in [7, 11) is 1.71. The molecule has 0 saturated heterocycles. The van der Waals surface area contributed by atoms with Crippen molar-refractivity contribution in [2.24, 2.45) is 0 Å². The summed E-state index contributed by atoms with van der Waals surface area (Å²) < 4.78 is 6.37. The molecule has 2 rings (SSSR count). The Labute approximate surface area is 93.1 Å². The van der Waals surface area contributed by atoms with E-state index in [0.29, 0.717) is 0 Å². The molecular weight excluding hydrogens is 208 g/mol. The molecule has 1 atom stereocenters. The lowest BCUT2D eigenvalue weighted by atomic mass is 10.3. The Hall–Kier alpha value is -1.13. The number of fused-ring (bicyclic) bond motifs is 1. The van der Waals surface area contributed by atoms with Gasteiger partial charge in [-0.3, -0.25) is 0 Å². The first-order chi connectivity index (χ1) is 7.29. The smallest absolute Gasteiger partial charge is 0.183 e. The second-order valence-corrected chi connectivity index (χ2v) is 4.44. The molecule has 0 bridgehead atoms. The fraction of sp³-hybridized carbons (Fsp3) is 0.364. The molecule has 3 nitrogen and oxygen atoms in total. The molecule has 1 aromatic carbocycles. The van der Waals surface area contributed by atoms with Gasteiger partial charge in [-0.2, -0.15) is 0 Å². The van der Waals surface area contributed by atoms with Gasteiger partial charge < -0.3 is 10.1 Å². The van der Waals surface area contributed by atoms with Gasteiger partial charge in [0, 0.05) is 13.7 Å². The van der Waals surface area contributed by atoms with Crippen molar-refractivity contribution < 1.29 is 4.74 Å². The fourth-order valence-electron chi connectivity index (χ4n) is 1.26. The maximum absolute atomic E-state index is 5.16. The monoisotopic (exact) mass is 222 g/mol. The van der Waals surface area contributed by atoms with Gasteiger partial charge in [0.15, 0.2) is 5.13 Å². The topological polar surface area (TPSA) is 34.1 Å². The Bertz CT molecular complexity index is 408. The van der Waals surface area contributed by atoms with E-state index in [1.54, 1.807) is 18.4 Å². The quantitative estimate of drug-likeness (QED) is 0.863. The summed E-state index contributed by atoms with van der Waals surface area (Å²) in [6, 6.07) is 8.14. The van der Waals surface area contributed by atoms with Crippen LogP contribution in [-0.2, 0) is 4.74 Å². The SMILES string of the molecule is COC(C)CNc1nc2ccccc2s1. The van der Waals surface area contributed by atoms with Crippen molar-refractivity contribution in [3.8, 4) is 0 Å². The zero-order valence-electron chi connectivity index (χ0n) is 8.86. The zero-order chi connectivity index (χ0) is 10.7. The highest BCUT2D eigenvalue weighted by atomic mass is 32.1. The minimum absolute atomic E-state index is 0.206. The van der Waals surface area contributed by atoms with Gasteiger partial charge >= 0.3 is 0 Å². The Balaban J connectivity index is 2.09. The van der Waals surface area contributed by atoms with Gasteiger partial charge in [0.05, 0.1) is 16.3 Å². The first kappa shape index (κ1) is 10.4. The van der Waals surface area contributed by atoms with E-state index in [1.165, 1.54) is 4.70 Å². The molecule has 0 aliphatic rings. The summed E-state index contributed by atoms with van der Waals surface area (Å²) in [6.07, 6.45) is 0.206. The second kappa shape index (κ2) is 4.59. The van der Waals surface area contributed by atoms with E-state index in [-0.39, 0.29) is 6.10 Å². The van der Waals surface area contributed by atoms with Crippen LogP contribution in [-0.4, -0.2) is 24.7 Å². The molecule has 4 heteroatoms. The minimum atomic E-state index is 0.206. The molecule has 1 N–H and O–H groups in total. The largest absolute Gasteiger partial charge is 0.380 e. The Morgan fingerprint density at radius 1 is 1.47 bits per heavy atom. The van der Waals surface area contributed by atoms with Crippen LogP contribution in [0.15, 0.2) is 24.3 Å². The molecule has 15 heavy (non-hydrogen) atoms. The van der Waals surface area contributed by atoms with Crippen LogP contribution in [0.4, 0.5) is 5.13 Å². The third kappa shape index (κ3) is 2.46. The van der Waals surface area contributed by atoms with Crippen molar-refractivity contribution in [3.63, 3.8) is 0 Å². The predicted octanol–water partition coefficient (Wildman–Crippen LogP) is 2.74. The third-order valence-electron chi connectivity index (χ3n) is 2.24. The van der Waals surface area contributed by atoms with E-state index in [4.69, 9.17) is 4.74 Å². The number of nitrogens with one attached hydrogen (secondary N) is 1. The van der Waals surface area contributed by atoms with Crippen molar-refractivity contribution >= 4 is 26.7 Å². The lowest BCUT2D eigenvalue weighted by Crippen LogP contribution is -2.17. The molecule has 80 valence electrons. The number of ether oxygens (including phenoxy) is 1. The van der Waals surface area contributed by atoms with Crippen LogP contribution in [0.1, 0.15) is 6.92 Å². The number of aromatic nitrogens is 1. The zero-order valence-corrected chi connectivity index (χ0v) is 9.67. The summed E-state index contributed by atoms with van der Waals surface area (Å²) in [5.41, 5.74) is 1.05. The van der Waals surface area contributed by atoms with Gasteiger partial charge in [0.2, 0.25) is 0 Å². The molecule has 0 spiro atoms. The van der Waals surface area contributed by atoms with E-state index in [2.05, 4.69) is 16.4 Å². The molecule has 0 amide bonds. The van der Waals surface area contributed by atoms with Gasteiger partial charge in [-0.05, 0) is 19.1 Å². The molecule has 2 aromatic rings. The van der Waals surface area contributed by atoms with E-state index in [9.17, 15) is 0 Å². The Kier molecular flexibility index (Phi) is 3.18. The number of thiazole rings is 1. The van der Waals surface area contributed by atoms with Crippen LogP contribution in [0.3, 0.4) is 0 Å². The summed E-state index contributed by atoms with van der Waals surface area (Å²) in [4.78, 5) is 4.47. The van der Waals surface area contributed by atoms with E-state index >= 15 is 0 Å². The van der Waals surface area contributed by atoms with Gasteiger partial charge in [-0.15, -0.1) is 0 Å². The second-order valence-electron chi connectivity index (χ2n) is 3.41. The van der Waals surface area contributed by atoms with E-state index in [1.807, 2.05) is 25.1 Å². The molecule has 1 heterocycles. The van der Waals surface area contributed by atoms with Crippen LogP contribution in [0.25, 0.3) is 10.2 Å². The number of benzene rings is 1. The lowest BCUT2D eigenvalue weighted by Gasteiger charge is -2.08. The maximum Gasteiger partial charge on any atom is 0.183 e. The minimum Gasteiger partial charge on any atom is -0.380 e. The molecule has 0 fully saturated rings. The van der Waals surface area contributed by atoms with E-state index < -0.39 is 0 Å². The Morgan fingerprint density at radius 3 is 3.00 bits per heavy atom. The summed E-state index contributed by atoms with van der Waals surface area (Å²) in [5.74, 6) is 0. The molecule has 1 aromatic heterocycles. The number of rotatable bonds is 4. The summed E-state index contributed by atoms with van der Waals surface area (Å²) >= 11 is 1.67. The number of hydrogen-bond donors (Lipinski definition) is 1. The van der Waals surface area contributed by atoms with Crippen LogP contribution in [0, 0.1) is 0 Å². The van der Waals surface area contributed by atoms with Crippen molar-refractivity contribution in [1.82, 2.24) is 4.98 Å². The fourth-order valence-corrected chi connectivity index (χ4v) is 2.13. The first-order valence-electron chi connectivity index (χ1n) is 4.92. The standard InChI is InChI=1S/C11H14N2OS/c1-8(14-2)7-12-11-13-9-5-3-4-6-10(9)15-11/h3-6,8H,7H2,1-2H3,(H,12,13). The van der Waals surface area contributed by atoms with Crippen molar-refractivity contribution in [1.29, 1.82) is 0 Å². The van der Waals surface area contributed by atoms with Crippen molar-refractivity contribution in [2.45, 2.75) is 13.0 Å². The molecule has 0 aliphatic heterocycles. The summed E-state index contributed by atoms with van der Waals surface area (Å²) in [5, 5.41) is 4.23. The first-order valence-corrected chi connectivity index (χ1v) is 5.73. The number of nitrogens with zero attached hydrogens (tertiary/aromatic N) is 1. The van der Waals surface area contributed by atoms with Gasteiger partial charge in [-0.25, -0.2) is 4.98 Å². The number of hydrogen-bond acceptors (Lipinski definition) is 4. The molecule has 0 saturated carbocycles. The van der Waals surface area contributed by atoms with Crippen LogP contribution in [0.5, 0.6) is 0 Å². The van der Waals surface area contributed by atoms with Crippen molar-refractivity contribution in [2.75, 3.05) is 19.0 Å². The van der Waals surface area contributed by atoms with Crippen LogP contribution < -0.4 is 5.32 Å². The number of anilines is 1. The lowest BCUT2D eigenvalue weighted by molar-refractivity contribution is 0.129. The van der Waals surface area contributed by atoms with Gasteiger partial charge in [-0.1, -0.05) is 23.5 Å². The highest BCUT2D eigenvalue weighted by molar-refractivity contribution is 7.22. The van der Waals surface area contributed by atoms with Gasteiger partial charge in [0.25, 0.3) is 0 Å². The molecular formula is C11H14N2OS. The highest BCUT2D eigenvalue weighted by Gasteiger charge is 2.04. The van der Waals surface area contributed by atoms with Crippen molar-refractivity contribution in [3.05, 3.63) is 24.3 Å². The van der Waals surface area contributed by atoms with Crippen LogP contribution >= 0.6 is 11.3 Å². The average Bonchev–Trinajstić information content (AvgIpc) is 2.68.